The van der Waals surface area contributed by atoms with E-state index in [1.807, 2.05) is 25.7 Å². The van der Waals surface area contributed by atoms with Crippen molar-refractivity contribution in [2.75, 3.05) is 18.5 Å². The third-order valence-electron chi connectivity index (χ3n) is 3.90. The molecule has 0 spiro atoms. The third-order valence-corrected chi connectivity index (χ3v) is 6.59. The molecule has 0 unspecified atom stereocenters. The largest absolute Gasteiger partial charge is 0.397 e. The zero-order valence-electron chi connectivity index (χ0n) is 11.8. The smallest absolute Gasteiger partial charge is 0.263 e. The number of hydrogen-bond acceptors (Lipinski definition) is 5. The van der Waals surface area contributed by atoms with Gasteiger partial charge < -0.3 is 11.1 Å². The number of thioether (sulfide) groups is 1. The molecule has 1 amide bonds. The van der Waals surface area contributed by atoms with Crippen molar-refractivity contribution in [1.29, 1.82) is 0 Å². The highest BCUT2D eigenvalue weighted by atomic mass is 32.2. The molecule has 1 aliphatic rings. The molecule has 2 heterocycles. The van der Waals surface area contributed by atoms with Gasteiger partial charge in [-0.1, -0.05) is 0 Å². The number of carbonyl (C=O) groups excluding carboxylic acids is 1. The molecule has 3 N–H and O–H groups in total. The van der Waals surface area contributed by atoms with Crippen molar-refractivity contribution < 1.29 is 4.79 Å². The van der Waals surface area contributed by atoms with E-state index in [9.17, 15) is 4.79 Å². The summed E-state index contributed by atoms with van der Waals surface area (Å²) >= 11 is 3.25. The molecule has 1 aliphatic carbocycles. The van der Waals surface area contributed by atoms with E-state index in [2.05, 4.69) is 16.7 Å². The van der Waals surface area contributed by atoms with Crippen molar-refractivity contribution in [3.63, 3.8) is 0 Å². The molecule has 0 bridgehead atoms. The monoisotopic (exact) mass is 310 g/mol. The highest BCUT2D eigenvalue weighted by Gasteiger charge is 2.42. The highest BCUT2D eigenvalue weighted by Crippen LogP contribution is 2.46. The highest BCUT2D eigenvalue weighted by molar-refractivity contribution is 8.00. The normalized spacial score (nSPS) is 16.6. The lowest BCUT2D eigenvalue weighted by molar-refractivity contribution is 0.0958. The molecule has 7 heteroatoms. The van der Waals surface area contributed by atoms with Crippen LogP contribution in [0, 0.1) is 6.92 Å². The first-order valence-corrected chi connectivity index (χ1v) is 8.56. The predicted molar refractivity (Wildman–Crippen MR) is 85.6 cm³/mol. The maximum absolute atomic E-state index is 12.3. The number of anilines is 1. The van der Waals surface area contributed by atoms with Crippen LogP contribution in [0.15, 0.2) is 0 Å². The summed E-state index contributed by atoms with van der Waals surface area (Å²) in [6.45, 7) is 2.64. The average Bonchev–Trinajstić information content (AvgIpc) is 3.04. The first-order valence-electron chi connectivity index (χ1n) is 6.52. The number of nitrogen functional groups attached to an aromatic ring is 1. The summed E-state index contributed by atoms with van der Waals surface area (Å²) in [4.78, 5) is 13.9. The van der Waals surface area contributed by atoms with E-state index in [4.69, 9.17) is 5.73 Å². The predicted octanol–water partition coefficient (Wildman–Crippen LogP) is 2.15. The van der Waals surface area contributed by atoms with Crippen molar-refractivity contribution in [3.05, 3.63) is 10.6 Å². The second kappa shape index (κ2) is 4.66. The minimum atomic E-state index is -0.0663. The van der Waals surface area contributed by atoms with Crippen LogP contribution in [0.25, 0.3) is 10.2 Å². The van der Waals surface area contributed by atoms with Crippen LogP contribution in [0.4, 0.5) is 5.69 Å². The molecule has 0 aliphatic heterocycles. The van der Waals surface area contributed by atoms with Crippen LogP contribution in [0.3, 0.4) is 0 Å². The standard InChI is InChI=1S/C13H18N4OS2/c1-7-8-9(14)10(20-12(8)17(2)16-7)11(18)15-6-13(19-3)4-5-13/h4-6,14H2,1-3H3,(H,15,18). The molecule has 0 radical (unpaired) electrons. The van der Waals surface area contributed by atoms with Gasteiger partial charge in [0.25, 0.3) is 5.91 Å². The number of fused-ring (bicyclic) bond motifs is 1. The fraction of sp³-hybridized carbons (Fsp3) is 0.538. The van der Waals surface area contributed by atoms with E-state index in [-0.39, 0.29) is 10.7 Å². The molecule has 0 saturated heterocycles. The summed E-state index contributed by atoms with van der Waals surface area (Å²) in [6, 6.07) is 0. The molecule has 3 rings (SSSR count). The molecule has 1 fully saturated rings. The summed E-state index contributed by atoms with van der Waals surface area (Å²) in [7, 11) is 1.87. The number of hydrogen-bond donors (Lipinski definition) is 2. The number of thiophene rings is 1. The van der Waals surface area contributed by atoms with Gasteiger partial charge in [0.15, 0.2) is 0 Å². The first-order chi connectivity index (χ1) is 9.47. The van der Waals surface area contributed by atoms with Crippen molar-refractivity contribution in [3.8, 4) is 0 Å². The fourth-order valence-corrected chi connectivity index (χ4v) is 4.24. The Balaban J connectivity index is 1.84. The van der Waals surface area contributed by atoms with Gasteiger partial charge in [0.2, 0.25) is 0 Å². The molecule has 5 nitrogen and oxygen atoms in total. The maximum Gasteiger partial charge on any atom is 0.263 e. The molecule has 2 aromatic heterocycles. The summed E-state index contributed by atoms with van der Waals surface area (Å²) in [5.74, 6) is -0.0663. The summed E-state index contributed by atoms with van der Waals surface area (Å²) in [5, 5.41) is 8.27. The molecular weight excluding hydrogens is 292 g/mol. The molecule has 20 heavy (non-hydrogen) atoms. The van der Waals surface area contributed by atoms with Gasteiger partial charge in [-0.05, 0) is 26.0 Å². The summed E-state index contributed by atoms with van der Waals surface area (Å²) in [6.07, 6.45) is 4.46. The van der Waals surface area contributed by atoms with E-state index in [1.165, 1.54) is 24.2 Å². The Morgan fingerprint density at radius 2 is 2.30 bits per heavy atom. The van der Waals surface area contributed by atoms with Crippen LogP contribution < -0.4 is 11.1 Å². The number of aryl methyl sites for hydroxylation is 2. The van der Waals surface area contributed by atoms with Gasteiger partial charge in [0.05, 0.1) is 16.8 Å². The van der Waals surface area contributed by atoms with E-state index < -0.39 is 0 Å². The number of aromatic nitrogens is 2. The second-order valence-electron chi connectivity index (χ2n) is 5.30. The Morgan fingerprint density at radius 3 is 2.85 bits per heavy atom. The van der Waals surface area contributed by atoms with Crippen LogP contribution in [0.1, 0.15) is 28.2 Å². The van der Waals surface area contributed by atoms with E-state index in [1.54, 1.807) is 4.68 Å². The van der Waals surface area contributed by atoms with E-state index in [0.29, 0.717) is 10.6 Å². The lowest BCUT2D eigenvalue weighted by Gasteiger charge is -2.12. The van der Waals surface area contributed by atoms with Gasteiger partial charge in [0, 0.05) is 18.3 Å². The SMILES string of the molecule is CSC1(CNC(=O)c2sc3c(c(C)nn3C)c2N)CC1. The Hall–Kier alpha value is -1.21. The number of carbonyl (C=O) groups is 1. The zero-order valence-corrected chi connectivity index (χ0v) is 13.5. The van der Waals surface area contributed by atoms with Crippen LogP contribution in [-0.4, -0.2) is 33.2 Å². The number of amides is 1. The lowest BCUT2D eigenvalue weighted by Crippen LogP contribution is -2.31. The topological polar surface area (TPSA) is 72.9 Å². The summed E-state index contributed by atoms with van der Waals surface area (Å²) in [5.41, 5.74) is 7.56. The fourth-order valence-electron chi connectivity index (χ4n) is 2.41. The first kappa shape index (κ1) is 13.8. The van der Waals surface area contributed by atoms with Gasteiger partial charge in [-0.3, -0.25) is 9.48 Å². The molecule has 0 atom stereocenters. The van der Waals surface area contributed by atoms with Gasteiger partial charge in [-0.15, -0.1) is 11.3 Å². The third kappa shape index (κ3) is 2.09. The molecule has 108 valence electrons. The number of nitrogens with one attached hydrogen (secondary N) is 1. The molecule has 2 aromatic rings. The Labute approximate surface area is 125 Å². The number of nitrogens with zero attached hydrogens (tertiary/aromatic N) is 2. The van der Waals surface area contributed by atoms with Crippen LogP contribution in [0.5, 0.6) is 0 Å². The zero-order chi connectivity index (χ0) is 14.5. The maximum atomic E-state index is 12.3. The Kier molecular flexibility index (Phi) is 3.21. The van der Waals surface area contributed by atoms with Gasteiger partial charge in [-0.2, -0.15) is 16.9 Å². The average molecular weight is 310 g/mol. The minimum absolute atomic E-state index is 0.0663. The second-order valence-corrected chi connectivity index (χ2v) is 7.58. The van der Waals surface area contributed by atoms with Crippen LogP contribution >= 0.6 is 23.1 Å². The quantitative estimate of drug-likeness (QED) is 0.907. The van der Waals surface area contributed by atoms with Crippen molar-refractivity contribution in [2.45, 2.75) is 24.5 Å². The van der Waals surface area contributed by atoms with Crippen LogP contribution in [0.2, 0.25) is 0 Å². The Morgan fingerprint density at radius 1 is 1.60 bits per heavy atom. The summed E-state index contributed by atoms with van der Waals surface area (Å²) < 4.78 is 2.05. The van der Waals surface area contributed by atoms with Crippen molar-refractivity contribution in [1.82, 2.24) is 15.1 Å². The number of nitrogens with two attached hydrogens (primary N) is 1. The Bertz CT molecular complexity index is 684. The van der Waals surface area contributed by atoms with Gasteiger partial charge in [0.1, 0.15) is 9.71 Å². The van der Waals surface area contributed by atoms with E-state index >= 15 is 0 Å². The van der Waals surface area contributed by atoms with E-state index in [0.717, 1.165) is 22.5 Å². The molecular formula is C13H18N4OS2. The molecule has 1 saturated carbocycles. The lowest BCUT2D eigenvalue weighted by atomic mass is 10.2. The number of rotatable bonds is 4. The molecule has 0 aromatic carbocycles. The minimum Gasteiger partial charge on any atom is -0.397 e. The van der Waals surface area contributed by atoms with Crippen molar-refractivity contribution >= 4 is 44.9 Å². The van der Waals surface area contributed by atoms with Gasteiger partial charge in [-0.25, -0.2) is 0 Å². The van der Waals surface area contributed by atoms with Crippen molar-refractivity contribution in [2.24, 2.45) is 7.05 Å². The van der Waals surface area contributed by atoms with Crippen LogP contribution in [-0.2, 0) is 7.05 Å². The van der Waals surface area contributed by atoms with Gasteiger partial charge >= 0.3 is 0 Å².